The molecule has 30 heavy (non-hydrogen) atoms. The van der Waals surface area contributed by atoms with E-state index in [0.29, 0.717) is 30.2 Å². The molecule has 0 aliphatic carbocycles. The number of nitrogens with one attached hydrogen (secondary N) is 2. The first-order chi connectivity index (χ1) is 14.6. The number of fused-ring (bicyclic) bond motifs is 1. The van der Waals surface area contributed by atoms with Crippen LogP contribution in [0.2, 0.25) is 5.02 Å². The van der Waals surface area contributed by atoms with E-state index in [9.17, 15) is 4.79 Å². The van der Waals surface area contributed by atoms with Crippen LogP contribution in [0.25, 0.3) is 22.2 Å². The number of carbonyl (C=O) groups is 1. The molecule has 0 saturated heterocycles. The minimum atomic E-state index is 0.00667. The molecule has 0 atom stereocenters. The molecule has 6 heteroatoms. The molecule has 4 rings (SSSR count). The van der Waals surface area contributed by atoms with Gasteiger partial charge in [0.05, 0.1) is 12.1 Å². The smallest absolute Gasteiger partial charge is 0.220 e. The van der Waals surface area contributed by atoms with E-state index < -0.39 is 0 Å². The SMILES string of the molecule is COc1ccc2c(CCNC(=O)CCc3ccc(-c4ccccc4Cl)o3)c[nH]c2c1. The van der Waals surface area contributed by atoms with Crippen LogP contribution in [0.15, 0.2) is 65.2 Å². The third-order valence-corrected chi connectivity index (χ3v) is 5.42. The lowest BCUT2D eigenvalue weighted by Gasteiger charge is -2.05. The molecule has 0 unspecified atom stereocenters. The summed E-state index contributed by atoms with van der Waals surface area (Å²) >= 11 is 6.21. The van der Waals surface area contributed by atoms with E-state index in [2.05, 4.69) is 10.3 Å². The van der Waals surface area contributed by atoms with Crippen molar-refractivity contribution in [3.8, 4) is 17.1 Å². The van der Waals surface area contributed by atoms with Crippen molar-refractivity contribution in [1.29, 1.82) is 0 Å². The molecule has 0 bridgehead atoms. The Labute approximate surface area is 180 Å². The second-order valence-corrected chi connectivity index (χ2v) is 7.48. The van der Waals surface area contributed by atoms with E-state index in [1.165, 1.54) is 5.56 Å². The normalized spacial score (nSPS) is 11.0. The molecular weight excluding hydrogens is 400 g/mol. The number of amides is 1. The van der Waals surface area contributed by atoms with E-state index in [4.69, 9.17) is 20.8 Å². The third kappa shape index (κ3) is 4.52. The lowest BCUT2D eigenvalue weighted by Crippen LogP contribution is -2.25. The molecule has 0 aliphatic rings. The Hall–Kier alpha value is -3.18. The van der Waals surface area contributed by atoms with Crippen LogP contribution in [-0.4, -0.2) is 24.5 Å². The highest BCUT2D eigenvalue weighted by Gasteiger charge is 2.10. The summed E-state index contributed by atoms with van der Waals surface area (Å²) in [5.74, 6) is 2.31. The van der Waals surface area contributed by atoms with Gasteiger partial charge in [0.15, 0.2) is 0 Å². The molecule has 154 valence electrons. The highest BCUT2D eigenvalue weighted by molar-refractivity contribution is 6.33. The highest BCUT2D eigenvalue weighted by Crippen LogP contribution is 2.29. The number of halogens is 1. The Balaban J connectivity index is 1.26. The average Bonchev–Trinajstić information content (AvgIpc) is 3.39. The third-order valence-electron chi connectivity index (χ3n) is 5.09. The molecule has 4 aromatic rings. The van der Waals surface area contributed by atoms with E-state index in [0.717, 1.165) is 34.4 Å². The van der Waals surface area contributed by atoms with Crippen LogP contribution >= 0.6 is 11.6 Å². The first-order valence-electron chi connectivity index (χ1n) is 9.88. The Morgan fingerprint density at radius 2 is 2.00 bits per heavy atom. The van der Waals surface area contributed by atoms with Crippen molar-refractivity contribution in [3.05, 3.63) is 77.1 Å². The van der Waals surface area contributed by atoms with Crippen molar-refractivity contribution in [2.45, 2.75) is 19.3 Å². The second kappa shape index (κ2) is 9.09. The second-order valence-electron chi connectivity index (χ2n) is 7.07. The number of hydrogen-bond acceptors (Lipinski definition) is 3. The molecule has 5 nitrogen and oxygen atoms in total. The van der Waals surface area contributed by atoms with Gasteiger partial charge in [-0.3, -0.25) is 4.79 Å². The van der Waals surface area contributed by atoms with E-state index in [1.54, 1.807) is 7.11 Å². The minimum Gasteiger partial charge on any atom is -0.497 e. The van der Waals surface area contributed by atoms with Crippen LogP contribution in [0.1, 0.15) is 17.7 Å². The number of ether oxygens (including phenoxy) is 1. The standard InChI is InChI=1S/C24H23ClN2O3/c1-29-18-6-9-19-16(15-27-22(19)14-18)12-13-26-24(28)11-8-17-7-10-23(30-17)20-4-2-3-5-21(20)25/h2-7,9-10,14-15,27H,8,11-13H2,1H3,(H,26,28). The number of methoxy groups -OCH3 is 1. The maximum Gasteiger partial charge on any atom is 0.220 e. The van der Waals surface area contributed by atoms with Gasteiger partial charge in [0.25, 0.3) is 0 Å². The molecule has 2 aromatic carbocycles. The number of aromatic nitrogens is 1. The summed E-state index contributed by atoms with van der Waals surface area (Å²) in [6.45, 7) is 0.584. The van der Waals surface area contributed by atoms with Crippen molar-refractivity contribution in [2.24, 2.45) is 0 Å². The molecular formula is C24H23ClN2O3. The van der Waals surface area contributed by atoms with Crippen molar-refractivity contribution in [1.82, 2.24) is 10.3 Å². The quantitative estimate of drug-likeness (QED) is 0.400. The zero-order valence-electron chi connectivity index (χ0n) is 16.7. The zero-order chi connectivity index (χ0) is 20.9. The first-order valence-corrected chi connectivity index (χ1v) is 10.3. The summed E-state index contributed by atoms with van der Waals surface area (Å²) in [7, 11) is 1.65. The van der Waals surface area contributed by atoms with E-state index in [-0.39, 0.29) is 5.91 Å². The summed E-state index contributed by atoms with van der Waals surface area (Å²) in [6, 6.07) is 17.3. The Bertz CT molecular complexity index is 1160. The van der Waals surface area contributed by atoms with Gasteiger partial charge in [-0.05, 0) is 48.4 Å². The van der Waals surface area contributed by atoms with Gasteiger partial charge in [0.1, 0.15) is 17.3 Å². The number of rotatable bonds is 8. The van der Waals surface area contributed by atoms with Gasteiger partial charge in [0, 0.05) is 48.1 Å². The summed E-state index contributed by atoms with van der Waals surface area (Å²) in [4.78, 5) is 15.5. The van der Waals surface area contributed by atoms with Crippen LogP contribution < -0.4 is 10.1 Å². The van der Waals surface area contributed by atoms with Gasteiger partial charge in [0.2, 0.25) is 5.91 Å². The predicted molar refractivity (Wildman–Crippen MR) is 119 cm³/mol. The number of aryl methyl sites for hydroxylation is 1. The fourth-order valence-electron chi connectivity index (χ4n) is 3.48. The number of H-pyrrole nitrogens is 1. The van der Waals surface area contributed by atoms with Gasteiger partial charge in [-0.15, -0.1) is 0 Å². The van der Waals surface area contributed by atoms with Crippen LogP contribution in [0, 0.1) is 0 Å². The number of hydrogen-bond donors (Lipinski definition) is 2. The van der Waals surface area contributed by atoms with Gasteiger partial charge in [-0.25, -0.2) is 0 Å². The van der Waals surface area contributed by atoms with E-state index >= 15 is 0 Å². The fraction of sp³-hybridized carbons (Fsp3) is 0.208. The molecule has 0 radical (unpaired) electrons. The Morgan fingerprint density at radius 3 is 2.83 bits per heavy atom. The average molecular weight is 423 g/mol. The Morgan fingerprint density at radius 1 is 1.13 bits per heavy atom. The fourth-order valence-corrected chi connectivity index (χ4v) is 3.71. The highest BCUT2D eigenvalue weighted by atomic mass is 35.5. The number of furan rings is 1. The molecule has 0 fully saturated rings. The van der Waals surface area contributed by atoms with Gasteiger partial charge < -0.3 is 19.5 Å². The van der Waals surface area contributed by atoms with Crippen molar-refractivity contribution >= 4 is 28.4 Å². The maximum atomic E-state index is 12.2. The van der Waals surface area contributed by atoms with Gasteiger partial charge >= 0.3 is 0 Å². The van der Waals surface area contributed by atoms with Crippen LogP contribution in [0.3, 0.4) is 0 Å². The maximum absolute atomic E-state index is 12.2. The zero-order valence-corrected chi connectivity index (χ0v) is 17.5. The summed E-state index contributed by atoms with van der Waals surface area (Å²) in [5.41, 5.74) is 3.05. The van der Waals surface area contributed by atoms with Crippen molar-refractivity contribution in [3.63, 3.8) is 0 Å². The minimum absolute atomic E-state index is 0.00667. The van der Waals surface area contributed by atoms with Gasteiger partial charge in [-0.2, -0.15) is 0 Å². The lowest BCUT2D eigenvalue weighted by molar-refractivity contribution is -0.121. The largest absolute Gasteiger partial charge is 0.497 e. The van der Waals surface area contributed by atoms with Crippen molar-refractivity contribution in [2.75, 3.05) is 13.7 Å². The summed E-state index contributed by atoms with van der Waals surface area (Å²) in [5, 5.41) is 4.78. The topological polar surface area (TPSA) is 67.3 Å². The number of benzene rings is 2. The monoisotopic (exact) mass is 422 g/mol. The van der Waals surface area contributed by atoms with Crippen LogP contribution in [-0.2, 0) is 17.6 Å². The molecule has 2 N–H and O–H groups in total. The van der Waals surface area contributed by atoms with Crippen LogP contribution in [0.5, 0.6) is 5.75 Å². The molecule has 0 aliphatic heterocycles. The van der Waals surface area contributed by atoms with Gasteiger partial charge in [-0.1, -0.05) is 23.7 Å². The molecule has 2 aromatic heterocycles. The molecule has 0 spiro atoms. The number of carbonyl (C=O) groups excluding carboxylic acids is 1. The van der Waals surface area contributed by atoms with E-state index in [1.807, 2.05) is 60.8 Å². The van der Waals surface area contributed by atoms with Crippen LogP contribution in [0.4, 0.5) is 0 Å². The summed E-state index contributed by atoms with van der Waals surface area (Å²) in [6.07, 6.45) is 3.66. The first kappa shape index (κ1) is 20.1. The molecule has 0 saturated carbocycles. The molecule has 1 amide bonds. The summed E-state index contributed by atoms with van der Waals surface area (Å²) < 4.78 is 11.1. The Kier molecular flexibility index (Phi) is 6.10. The van der Waals surface area contributed by atoms with Crippen molar-refractivity contribution < 1.29 is 13.9 Å². The molecule has 2 heterocycles. The lowest BCUT2D eigenvalue weighted by atomic mass is 10.1. The predicted octanol–water partition coefficient (Wildman–Crippen LogP) is 5.38. The number of aromatic amines is 1.